The van der Waals surface area contributed by atoms with Crippen molar-refractivity contribution in [2.45, 2.75) is 316 Å². The number of hydrogen-bond acceptors (Lipinski definition) is 6. The topological polar surface area (TPSA) is 78.9 Å². The normalized spacial score (nSPS) is 12.6. The van der Waals surface area contributed by atoms with Gasteiger partial charge in [-0.05, 0) is 96.3 Å². The van der Waals surface area contributed by atoms with Crippen LogP contribution in [0.3, 0.4) is 0 Å². The van der Waals surface area contributed by atoms with Crippen molar-refractivity contribution in [2.24, 2.45) is 0 Å². The number of carbonyl (C=O) groups excluding carboxylic acids is 3. The van der Waals surface area contributed by atoms with Gasteiger partial charge in [0.1, 0.15) is 13.2 Å². The summed E-state index contributed by atoms with van der Waals surface area (Å²) in [5.74, 6) is -0.892. The van der Waals surface area contributed by atoms with Gasteiger partial charge in [0, 0.05) is 19.3 Å². The molecule has 0 N–H and O–H groups in total. The average Bonchev–Trinajstić information content (AvgIpc) is 3.40. The van der Waals surface area contributed by atoms with E-state index in [1.165, 1.54) is 154 Å². The maximum Gasteiger partial charge on any atom is 0.306 e. The highest BCUT2D eigenvalue weighted by Gasteiger charge is 2.19. The predicted octanol–water partition coefficient (Wildman–Crippen LogP) is 21.5. The monoisotopic (exact) mass is 1030 g/mol. The zero-order valence-corrected chi connectivity index (χ0v) is 48.8. The number of unbranched alkanes of at least 4 members (excludes halogenated alkanes) is 32. The highest BCUT2D eigenvalue weighted by Crippen LogP contribution is 2.16. The molecule has 0 fully saturated rings. The molecule has 6 heteroatoms. The quantitative estimate of drug-likeness (QED) is 0.0261. The first kappa shape index (κ1) is 70.6. The Morgan fingerprint density at radius 2 is 0.527 bits per heavy atom. The Hall–Kier alpha value is -3.41. The van der Waals surface area contributed by atoms with E-state index < -0.39 is 6.10 Å². The Kier molecular flexibility index (Phi) is 59.3. The molecule has 0 saturated heterocycles. The van der Waals surface area contributed by atoms with Crippen LogP contribution in [-0.4, -0.2) is 37.2 Å². The maximum absolute atomic E-state index is 12.9. The van der Waals surface area contributed by atoms with Gasteiger partial charge in [0.05, 0.1) is 0 Å². The summed E-state index contributed by atoms with van der Waals surface area (Å²) in [6.07, 6.45) is 81.5. The van der Waals surface area contributed by atoms with Crippen LogP contribution in [0, 0.1) is 0 Å². The van der Waals surface area contributed by atoms with Crippen molar-refractivity contribution >= 4 is 17.9 Å². The van der Waals surface area contributed by atoms with Crippen LogP contribution < -0.4 is 0 Å². The fourth-order valence-corrected chi connectivity index (χ4v) is 8.91. The van der Waals surface area contributed by atoms with Gasteiger partial charge in [-0.25, -0.2) is 0 Å². The minimum absolute atomic E-state index is 0.0829. The molecule has 1 atom stereocenters. The molecular formula is C68H118O6. The number of ether oxygens (including phenoxy) is 3. The van der Waals surface area contributed by atoms with E-state index in [1.54, 1.807) is 0 Å². The fraction of sp³-hybridized carbons (Fsp3) is 0.750. The molecular weight excluding hydrogens is 913 g/mol. The molecule has 0 amide bonds. The molecule has 0 aliphatic carbocycles. The lowest BCUT2D eigenvalue weighted by Crippen LogP contribution is -2.30. The lowest BCUT2D eigenvalue weighted by atomic mass is 10.0. The van der Waals surface area contributed by atoms with E-state index in [0.29, 0.717) is 19.3 Å². The number of rotatable bonds is 57. The number of hydrogen-bond donors (Lipinski definition) is 0. The van der Waals surface area contributed by atoms with Crippen molar-refractivity contribution in [3.05, 3.63) is 85.1 Å². The van der Waals surface area contributed by atoms with Crippen LogP contribution >= 0.6 is 0 Å². The third-order valence-corrected chi connectivity index (χ3v) is 13.6. The average molecular weight is 1030 g/mol. The lowest BCUT2D eigenvalue weighted by Gasteiger charge is -2.18. The third kappa shape index (κ3) is 59.5. The van der Waals surface area contributed by atoms with E-state index in [-0.39, 0.29) is 31.1 Å². The summed E-state index contributed by atoms with van der Waals surface area (Å²) in [6, 6.07) is 0. The number of allylic oxidation sites excluding steroid dienone is 14. The summed E-state index contributed by atoms with van der Waals surface area (Å²) >= 11 is 0. The van der Waals surface area contributed by atoms with E-state index in [4.69, 9.17) is 14.2 Å². The predicted molar refractivity (Wildman–Crippen MR) is 321 cm³/mol. The molecule has 0 spiro atoms. The summed E-state index contributed by atoms with van der Waals surface area (Å²) in [5, 5.41) is 0. The van der Waals surface area contributed by atoms with Gasteiger partial charge in [0.2, 0.25) is 0 Å². The van der Waals surface area contributed by atoms with E-state index in [1.807, 2.05) is 0 Å². The van der Waals surface area contributed by atoms with Crippen LogP contribution in [0.25, 0.3) is 0 Å². The van der Waals surface area contributed by atoms with Crippen molar-refractivity contribution in [1.82, 2.24) is 0 Å². The third-order valence-electron chi connectivity index (χ3n) is 13.6. The van der Waals surface area contributed by atoms with E-state index in [2.05, 4.69) is 106 Å². The standard InChI is InChI=1S/C68H118O6/c1-4-7-10-13-16-19-22-25-28-30-31-32-33-34-35-36-37-38-41-43-46-49-52-55-58-61-67(70)73-64-65(63-72-66(69)60-57-54-51-48-45-42-39-27-24-21-18-15-12-9-6-3)74-68(71)62-59-56-53-50-47-44-40-29-26-23-20-17-14-11-8-5-2/h7,10,16,19,25,27-28,31-32,34-35,37-39,65H,4-6,8-9,11-15,17-18,20-24,26,29-30,33,36,40-64H2,1-3H3/b10-7-,19-16-,28-25-,32-31-,35-34-,38-37-,39-27-. The summed E-state index contributed by atoms with van der Waals surface area (Å²) in [7, 11) is 0. The minimum atomic E-state index is -0.785. The molecule has 0 aromatic heterocycles. The van der Waals surface area contributed by atoms with Gasteiger partial charge in [0.15, 0.2) is 6.10 Å². The maximum atomic E-state index is 12.9. The van der Waals surface area contributed by atoms with E-state index >= 15 is 0 Å². The van der Waals surface area contributed by atoms with Crippen LogP contribution in [0.5, 0.6) is 0 Å². The Bertz CT molecular complexity index is 1420. The Morgan fingerprint density at radius 3 is 0.838 bits per heavy atom. The number of esters is 3. The Labute approximate surface area is 458 Å². The largest absolute Gasteiger partial charge is 0.462 e. The van der Waals surface area contributed by atoms with Crippen LogP contribution in [-0.2, 0) is 28.6 Å². The molecule has 0 bridgehead atoms. The van der Waals surface area contributed by atoms with Crippen LogP contribution in [0.2, 0.25) is 0 Å². The second-order valence-corrected chi connectivity index (χ2v) is 20.9. The van der Waals surface area contributed by atoms with Crippen molar-refractivity contribution in [3.8, 4) is 0 Å². The van der Waals surface area contributed by atoms with Gasteiger partial charge in [-0.15, -0.1) is 0 Å². The second kappa shape index (κ2) is 62.1. The van der Waals surface area contributed by atoms with E-state index in [9.17, 15) is 14.4 Å². The molecule has 0 aliphatic rings. The van der Waals surface area contributed by atoms with Crippen molar-refractivity contribution in [1.29, 1.82) is 0 Å². The van der Waals surface area contributed by atoms with Crippen molar-refractivity contribution in [3.63, 3.8) is 0 Å². The smallest absolute Gasteiger partial charge is 0.306 e. The van der Waals surface area contributed by atoms with Crippen LogP contribution in [0.4, 0.5) is 0 Å². The minimum Gasteiger partial charge on any atom is -0.462 e. The highest BCUT2D eigenvalue weighted by atomic mass is 16.6. The van der Waals surface area contributed by atoms with Crippen molar-refractivity contribution < 1.29 is 28.6 Å². The first-order chi connectivity index (χ1) is 36.5. The zero-order chi connectivity index (χ0) is 53.6. The first-order valence-electron chi connectivity index (χ1n) is 31.6. The zero-order valence-electron chi connectivity index (χ0n) is 48.8. The molecule has 0 radical (unpaired) electrons. The Morgan fingerprint density at radius 1 is 0.284 bits per heavy atom. The second-order valence-electron chi connectivity index (χ2n) is 20.9. The van der Waals surface area contributed by atoms with Gasteiger partial charge in [0.25, 0.3) is 0 Å². The first-order valence-corrected chi connectivity index (χ1v) is 31.6. The summed E-state index contributed by atoms with van der Waals surface area (Å²) in [5.41, 5.74) is 0. The lowest BCUT2D eigenvalue weighted by molar-refractivity contribution is -0.167. The fourth-order valence-electron chi connectivity index (χ4n) is 8.91. The van der Waals surface area contributed by atoms with Crippen LogP contribution in [0.15, 0.2) is 85.1 Å². The molecule has 0 heterocycles. The molecule has 0 aliphatic heterocycles. The molecule has 0 rings (SSSR count). The summed E-state index contributed by atoms with van der Waals surface area (Å²) in [6.45, 7) is 6.54. The molecule has 0 aromatic carbocycles. The highest BCUT2D eigenvalue weighted by molar-refractivity contribution is 5.71. The SMILES string of the molecule is CC/C=C\C/C=C\C/C=C\C/C=C\C/C=C\C/C=C\CCCCCCCCC(=O)OCC(COC(=O)CCCCCCC/C=C\CCCCCCCC)OC(=O)CCCCCCCCCCCCCCCCCC. The molecule has 74 heavy (non-hydrogen) atoms. The molecule has 1 unspecified atom stereocenters. The van der Waals surface area contributed by atoms with Gasteiger partial charge < -0.3 is 14.2 Å². The molecule has 6 nitrogen and oxygen atoms in total. The summed E-state index contributed by atoms with van der Waals surface area (Å²) < 4.78 is 16.9. The van der Waals surface area contributed by atoms with Crippen molar-refractivity contribution in [2.75, 3.05) is 13.2 Å². The Balaban J connectivity index is 4.37. The molecule has 0 saturated carbocycles. The molecule has 426 valence electrons. The van der Waals surface area contributed by atoms with Crippen LogP contribution in [0.1, 0.15) is 310 Å². The molecule has 0 aromatic rings. The van der Waals surface area contributed by atoms with Gasteiger partial charge in [-0.3, -0.25) is 14.4 Å². The summed E-state index contributed by atoms with van der Waals surface area (Å²) in [4.78, 5) is 38.3. The number of carbonyl (C=O) groups is 3. The van der Waals surface area contributed by atoms with Gasteiger partial charge >= 0.3 is 17.9 Å². The van der Waals surface area contributed by atoms with E-state index in [0.717, 1.165) is 116 Å². The van der Waals surface area contributed by atoms with Gasteiger partial charge in [-0.1, -0.05) is 279 Å². The van der Waals surface area contributed by atoms with Gasteiger partial charge in [-0.2, -0.15) is 0 Å².